The monoisotopic (exact) mass is 469 g/mol. The Bertz CT molecular complexity index is 1170. The van der Waals surface area contributed by atoms with Crippen LogP contribution in [0.15, 0.2) is 76.2 Å². The summed E-state index contributed by atoms with van der Waals surface area (Å²) in [7, 11) is -3.49. The lowest BCUT2D eigenvalue weighted by Gasteiger charge is -2.18. The molecule has 0 aliphatic carbocycles. The third-order valence-corrected chi connectivity index (χ3v) is 7.14. The van der Waals surface area contributed by atoms with Gasteiger partial charge >= 0.3 is 0 Å². The maximum Gasteiger partial charge on any atom is 0.291 e. The number of nitrogens with zero attached hydrogens (tertiary/aromatic N) is 1. The number of furan rings is 1. The minimum Gasteiger partial charge on any atom is -0.459 e. The first kappa shape index (κ1) is 24.2. The van der Waals surface area contributed by atoms with Gasteiger partial charge in [0.2, 0.25) is 15.9 Å². The Morgan fingerprint density at radius 1 is 0.879 bits per heavy atom. The molecule has 3 aromatic rings. The minimum atomic E-state index is -3.49. The molecule has 0 saturated carbocycles. The first-order chi connectivity index (χ1) is 15.8. The van der Waals surface area contributed by atoms with E-state index in [1.54, 1.807) is 74.5 Å². The average Bonchev–Trinajstić information content (AvgIpc) is 3.35. The van der Waals surface area contributed by atoms with E-state index in [4.69, 9.17) is 4.42 Å². The first-order valence-electron chi connectivity index (χ1n) is 10.7. The summed E-state index contributed by atoms with van der Waals surface area (Å²) in [6, 6.07) is 16.6. The van der Waals surface area contributed by atoms with E-state index in [9.17, 15) is 18.0 Å². The maximum absolute atomic E-state index is 12.6. The molecular weight excluding hydrogens is 442 g/mol. The number of rotatable bonds is 10. The molecule has 0 radical (unpaired) electrons. The van der Waals surface area contributed by atoms with Crippen LogP contribution in [0.5, 0.6) is 0 Å². The summed E-state index contributed by atoms with van der Waals surface area (Å²) in [6.07, 6.45) is 2.16. The first-order valence-corrected chi connectivity index (χ1v) is 12.1. The van der Waals surface area contributed by atoms with Crippen molar-refractivity contribution in [2.45, 2.75) is 31.6 Å². The highest BCUT2D eigenvalue weighted by atomic mass is 32.2. The summed E-state index contributed by atoms with van der Waals surface area (Å²) < 4.78 is 31.6. The number of hydrogen-bond acceptors (Lipinski definition) is 5. The molecule has 0 aliphatic rings. The second-order valence-corrected chi connectivity index (χ2v) is 9.23. The lowest BCUT2D eigenvalue weighted by molar-refractivity contribution is -0.116. The molecule has 2 amide bonds. The van der Waals surface area contributed by atoms with E-state index in [0.29, 0.717) is 30.9 Å². The van der Waals surface area contributed by atoms with Gasteiger partial charge in [0.05, 0.1) is 11.2 Å². The Hall–Kier alpha value is -3.43. The number of benzene rings is 2. The highest BCUT2D eigenvalue weighted by Crippen LogP contribution is 2.18. The predicted octanol–water partition coefficient (Wildman–Crippen LogP) is 4.13. The second kappa shape index (κ2) is 10.9. The lowest BCUT2D eigenvalue weighted by atomic mass is 10.1. The largest absolute Gasteiger partial charge is 0.459 e. The molecule has 33 heavy (non-hydrogen) atoms. The van der Waals surface area contributed by atoms with Crippen LogP contribution in [0.3, 0.4) is 0 Å². The van der Waals surface area contributed by atoms with Gasteiger partial charge in [-0.15, -0.1) is 0 Å². The lowest BCUT2D eigenvalue weighted by Crippen LogP contribution is -2.30. The molecule has 2 N–H and O–H groups in total. The predicted molar refractivity (Wildman–Crippen MR) is 127 cm³/mol. The fourth-order valence-corrected chi connectivity index (χ4v) is 4.72. The maximum atomic E-state index is 12.6. The van der Waals surface area contributed by atoms with Gasteiger partial charge in [0.1, 0.15) is 0 Å². The van der Waals surface area contributed by atoms with Crippen LogP contribution in [0, 0.1) is 0 Å². The second-order valence-electron chi connectivity index (χ2n) is 7.29. The quantitative estimate of drug-likeness (QED) is 0.464. The molecule has 0 atom stereocenters. The average molecular weight is 470 g/mol. The van der Waals surface area contributed by atoms with E-state index in [2.05, 4.69) is 10.6 Å². The third-order valence-electron chi connectivity index (χ3n) is 5.08. The molecule has 1 aromatic heterocycles. The summed E-state index contributed by atoms with van der Waals surface area (Å²) in [5.74, 6) is -0.305. The molecule has 0 saturated heterocycles. The van der Waals surface area contributed by atoms with Crippen LogP contribution in [-0.2, 0) is 21.2 Å². The van der Waals surface area contributed by atoms with Gasteiger partial charge in [0.25, 0.3) is 5.91 Å². The molecule has 0 spiro atoms. The standard InChI is InChI=1S/C24H27N3O5S/c1-3-27(4-2)33(30,31)21-14-7-18(8-15-21)9-16-23(28)25-19-10-12-20(13-11-19)26-24(29)22-6-5-17-32-22/h5-8,10-15,17H,3-4,9,16H2,1-2H3,(H,25,28)(H,26,29). The van der Waals surface area contributed by atoms with E-state index in [0.717, 1.165) is 5.56 Å². The zero-order chi connectivity index (χ0) is 23.8. The molecule has 0 aliphatic heterocycles. The van der Waals surface area contributed by atoms with Gasteiger partial charge < -0.3 is 15.1 Å². The van der Waals surface area contributed by atoms with Crippen LogP contribution in [0.1, 0.15) is 36.4 Å². The van der Waals surface area contributed by atoms with Gasteiger partial charge in [-0.25, -0.2) is 8.42 Å². The highest BCUT2D eigenvalue weighted by molar-refractivity contribution is 7.89. The van der Waals surface area contributed by atoms with E-state index in [-0.39, 0.29) is 28.9 Å². The van der Waals surface area contributed by atoms with Crippen molar-refractivity contribution in [2.75, 3.05) is 23.7 Å². The number of hydrogen-bond donors (Lipinski definition) is 2. The van der Waals surface area contributed by atoms with Gasteiger partial charge in [-0.3, -0.25) is 9.59 Å². The number of carbonyl (C=O) groups excluding carboxylic acids is 2. The Labute approximate surface area is 193 Å². The third kappa shape index (κ3) is 6.30. The van der Waals surface area contributed by atoms with E-state index < -0.39 is 10.0 Å². The van der Waals surface area contributed by atoms with Crippen molar-refractivity contribution >= 4 is 33.2 Å². The Morgan fingerprint density at radius 3 is 2.03 bits per heavy atom. The highest BCUT2D eigenvalue weighted by Gasteiger charge is 2.21. The Morgan fingerprint density at radius 2 is 1.48 bits per heavy atom. The zero-order valence-electron chi connectivity index (χ0n) is 18.6. The molecule has 174 valence electrons. The summed E-state index contributed by atoms with van der Waals surface area (Å²) in [4.78, 5) is 24.5. The van der Waals surface area contributed by atoms with Gasteiger partial charge in [-0.05, 0) is 60.5 Å². The van der Waals surface area contributed by atoms with Gasteiger partial charge in [0, 0.05) is 30.9 Å². The fraction of sp³-hybridized carbons (Fsp3) is 0.250. The van der Waals surface area contributed by atoms with Crippen molar-refractivity contribution in [1.82, 2.24) is 4.31 Å². The molecule has 1 heterocycles. The van der Waals surface area contributed by atoms with Crippen molar-refractivity contribution in [1.29, 1.82) is 0 Å². The topological polar surface area (TPSA) is 109 Å². The minimum absolute atomic E-state index is 0.165. The van der Waals surface area contributed by atoms with Crippen LogP contribution in [0.2, 0.25) is 0 Å². The molecule has 0 fully saturated rings. The van der Waals surface area contributed by atoms with E-state index in [1.807, 2.05) is 0 Å². The van der Waals surface area contributed by atoms with Crippen LogP contribution >= 0.6 is 0 Å². The zero-order valence-corrected chi connectivity index (χ0v) is 19.4. The summed E-state index contributed by atoms with van der Waals surface area (Å²) in [5, 5.41) is 5.52. The molecule has 0 unspecified atom stereocenters. The number of amides is 2. The summed E-state index contributed by atoms with van der Waals surface area (Å²) >= 11 is 0. The number of sulfonamides is 1. The van der Waals surface area contributed by atoms with Crippen LogP contribution < -0.4 is 10.6 Å². The normalized spacial score (nSPS) is 11.4. The van der Waals surface area contributed by atoms with Crippen molar-refractivity contribution < 1.29 is 22.4 Å². The van der Waals surface area contributed by atoms with Crippen molar-refractivity contribution in [3.8, 4) is 0 Å². The Balaban J connectivity index is 1.50. The Kier molecular flexibility index (Phi) is 8.02. The SMILES string of the molecule is CCN(CC)S(=O)(=O)c1ccc(CCC(=O)Nc2ccc(NC(=O)c3ccco3)cc2)cc1. The van der Waals surface area contributed by atoms with Crippen LogP contribution in [0.4, 0.5) is 11.4 Å². The van der Waals surface area contributed by atoms with Crippen molar-refractivity contribution in [3.63, 3.8) is 0 Å². The number of anilines is 2. The number of carbonyl (C=O) groups is 2. The molecule has 8 nitrogen and oxygen atoms in total. The van der Waals surface area contributed by atoms with Crippen molar-refractivity contribution in [2.24, 2.45) is 0 Å². The fourth-order valence-electron chi connectivity index (χ4n) is 3.26. The van der Waals surface area contributed by atoms with Gasteiger partial charge in [0.15, 0.2) is 5.76 Å². The smallest absolute Gasteiger partial charge is 0.291 e. The van der Waals surface area contributed by atoms with E-state index in [1.165, 1.54) is 10.6 Å². The van der Waals surface area contributed by atoms with Crippen molar-refractivity contribution in [3.05, 3.63) is 78.3 Å². The molecule has 0 bridgehead atoms. The molecule has 9 heteroatoms. The summed E-state index contributed by atoms with van der Waals surface area (Å²) in [6.45, 7) is 4.44. The van der Waals surface area contributed by atoms with Crippen LogP contribution in [-0.4, -0.2) is 37.6 Å². The van der Waals surface area contributed by atoms with Crippen LogP contribution in [0.25, 0.3) is 0 Å². The number of nitrogens with one attached hydrogen (secondary N) is 2. The summed E-state index contributed by atoms with van der Waals surface area (Å²) in [5.41, 5.74) is 2.06. The number of aryl methyl sites for hydroxylation is 1. The molecular formula is C24H27N3O5S. The van der Waals surface area contributed by atoms with Gasteiger partial charge in [-0.1, -0.05) is 26.0 Å². The molecule has 2 aromatic carbocycles. The van der Waals surface area contributed by atoms with Gasteiger partial charge in [-0.2, -0.15) is 4.31 Å². The van der Waals surface area contributed by atoms with E-state index >= 15 is 0 Å². The molecule has 3 rings (SSSR count).